The van der Waals surface area contributed by atoms with Crippen LogP contribution >= 0.6 is 0 Å². The van der Waals surface area contributed by atoms with Crippen molar-refractivity contribution in [3.8, 4) is 5.75 Å². The second-order valence-corrected chi connectivity index (χ2v) is 6.24. The minimum absolute atomic E-state index is 0.267. The summed E-state index contributed by atoms with van der Waals surface area (Å²) >= 11 is 0. The highest BCUT2D eigenvalue weighted by molar-refractivity contribution is 5.29. The largest absolute Gasteiger partial charge is 0.494 e. The van der Waals surface area contributed by atoms with Gasteiger partial charge < -0.3 is 10.1 Å². The molecule has 1 aromatic carbocycles. The Bertz CT molecular complexity index is 429. The summed E-state index contributed by atoms with van der Waals surface area (Å²) in [6.45, 7) is 0. The molecule has 0 heterocycles. The number of halogens is 1. The van der Waals surface area contributed by atoms with Crippen LogP contribution in [0.4, 0.5) is 4.39 Å². The first-order chi connectivity index (χ1) is 10.2. The first kappa shape index (κ1) is 16.3. The summed E-state index contributed by atoms with van der Waals surface area (Å²) in [6, 6.07) is 5.72. The van der Waals surface area contributed by atoms with Crippen LogP contribution in [0.15, 0.2) is 18.2 Å². The van der Waals surface area contributed by atoms with Gasteiger partial charge in [-0.15, -0.1) is 0 Å². The fourth-order valence-electron chi connectivity index (χ4n) is 3.38. The maximum absolute atomic E-state index is 13.7. The highest BCUT2D eigenvalue weighted by Crippen LogP contribution is 2.28. The van der Waals surface area contributed by atoms with E-state index in [1.807, 2.05) is 13.1 Å². The molecule has 1 aliphatic carbocycles. The predicted molar refractivity (Wildman–Crippen MR) is 85.3 cm³/mol. The van der Waals surface area contributed by atoms with Gasteiger partial charge in [0.2, 0.25) is 0 Å². The Hall–Kier alpha value is -1.09. The highest BCUT2D eigenvalue weighted by Gasteiger charge is 2.16. The zero-order valence-electron chi connectivity index (χ0n) is 13.3. The van der Waals surface area contributed by atoms with Crippen molar-refractivity contribution in [2.45, 2.75) is 57.4 Å². The Morgan fingerprint density at radius 1 is 1.29 bits per heavy atom. The van der Waals surface area contributed by atoms with Crippen LogP contribution in [0.5, 0.6) is 5.75 Å². The van der Waals surface area contributed by atoms with Gasteiger partial charge >= 0.3 is 0 Å². The molecule has 1 fully saturated rings. The third-order valence-corrected chi connectivity index (χ3v) is 4.75. The summed E-state index contributed by atoms with van der Waals surface area (Å²) < 4.78 is 18.7. The lowest BCUT2D eigenvalue weighted by molar-refractivity contribution is 0.315. The van der Waals surface area contributed by atoms with Crippen molar-refractivity contribution in [3.63, 3.8) is 0 Å². The molecule has 0 saturated heterocycles. The molecule has 3 heteroatoms. The van der Waals surface area contributed by atoms with Crippen LogP contribution in [0, 0.1) is 11.7 Å². The van der Waals surface area contributed by atoms with E-state index in [2.05, 4.69) is 5.32 Å². The van der Waals surface area contributed by atoms with Crippen molar-refractivity contribution < 1.29 is 9.13 Å². The molecule has 2 nitrogen and oxygen atoms in total. The molecule has 0 amide bonds. The van der Waals surface area contributed by atoms with E-state index < -0.39 is 0 Å². The highest BCUT2D eigenvalue weighted by atomic mass is 19.1. The number of nitrogens with one attached hydrogen (secondary N) is 1. The molecule has 2 rings (SSSR count). The van der Waals surface area contributed by atoms with Gasteiger partial charge in [-0.1, -0.05) is 38.2 Å². The lowest BCUT2D eigenvalue weighted by Gasteiger charge is -2.24. The van der Waals surface area contributed by atoms with E-state index in [1.54, 1.807) is 12.1 Å². The summed E-state index contributed by atoms with van der Waals surface area (Å²) in [5.74, 6) is 0.960. The smallest absolute Gasteiger partial charge is 0.165 e. The number of ether oxygens (including phenoxy) is 1. The topological polar surface area (TPSA) is 21.3 Å². The number of rotatable bonds is 7. The summed E-state index contributed by atoms with van der Waals surface area (Å²) in [6.07, 6.45) is 10.4. The Labute approximate surface area is 128 Å². The molecule has 1 aromatic rings. The lowest BCUT2D eigenvalue weighted by Crippen LogP contribution is -2.28. The molecule has 1 N–H and O–H groups in total. The Morgan fingerprint density at radius 2 is 2.05 bits per heavy atom. The van der Waals surface area contributed by atoms with Gasteiger partial charge in [0.25, 0.3) is 0 Å². The second kappa shape index (κ2) is 8.38. The molecule has 21 heavy (non-hydrogen) atoms. The maximum Gasteiger partial charge on any atom is 0.165 e. The fraction of sp³-hybridized carbons (Fsp3) is 0.667. The van der Waals surface area contributed by atoms with Crippen molar-refractivity contribution in [1.82, 2.24) is 5.32 Å². The van der Waals surface area contributed by atoms with E-state index in [4.69, 9.17) is 4.74 Å². The third-order valence-electron chi connectivity index (χ3n) is 4.75. The molecule has 0 aromatic heterocycles. The van der Waals surface area contributed by atoms with Gasteiger partial charge in [-0.25, -0.2) is 4.39 Å². The van der Waals surface area contributed by atoms with E-state index in [0.717, 1.165) is 17.9 Å². The van der Waals surface area contributed by atoms with Gasteiger partial charge in [-0.3, -0.25) is 0 Å². The average molecular weight is 293 g/mol. The monoisotopic (exact) mass is 293 g/mol. The van der Waals surface area contributed by atoms with Crippen LogP contribution in [0.1, 0.15) is 50.5 Å². The molecule has 118 valence electrons. The zero-order valence-corrected chi connectivity index (χ0v) is 13.3. The quantitative estimate of drug-likeness (QED) is 0.808. The Kier molecular flexibility index (Phi) is 6.50. The summed E-state index contributed by atoms with van der Waals surface area (Å²) in [5.41, 5.74) is 1.04. The van der Waals surface area contributed by atoms with Crippen molar-refractivity contribution in [3.05, 3.63) is 29.6 Å². The van der Waals surface area contributed by atoms with Gasteiger partial charge in [-0.05, 0) is 49.9 Å². The minimum atomic E-state index is -0.267. The standard InChI is InChI=1S/C18H28FNO/c1-20-16(10-8-14-6-4-3-5-7-14)12-15-9-11-18(21-2)17(19)13-15/h9,11,13-14,16,20H,3-8,10,12H2,1-2H3. The van der Waals surface area contributed by atoms with Crippen molar-refractivity contribution in [1.29, 1.82) is 0 Å². The maximum atomic E-state index is 13.7. The summed E-state index contributed by atoms with van der Waals surface area (Å²) in [7, 11) is 3.50. The Balaban J connectivity index is 1.84. The van der Waals surface area contributed by atoms with Crippen LogP contribution in [0.25, 0.3) is 0 Å². The first-order valence-corrected chi connectivity index (χ1v) is 8.22. The molecular weight excluding hydrogens is 265 g/mol. The molecule has 0 radical (unpaired) electrons. The molecule has 1 saturated carbocycles. The predicted octanol–water partition coefficient (Wildman–Crippen LogP) is 4.33. The second-order valence-electron chi connectivity index (χ2n) is 6.24. The molecule has 1 aliphatic rings. The number of hydrogen-bond donors (Lipinski definition) is 1. The van der Waals surface area contributed by atoms with Gasteiger partial charge in [0, 0.05) is 6.04 Å². The van der Waals surface area contributed by atoms with Crippen molar-refractivity contribution in [2.75, 3.05) is 14.2 Å². The molecule has 1 unspecified atom stereocenters. The Morgan fingerprint density at radius 3 is 2.67 bits per heavy atom. The van der Waals surface area contributed by atoms with E-state index >= 15 is 0 Å². The minimum Gasteiger partial charge on any atom is -0.494 e. The number of likely N-dealkylation sites (N-methyl/N-ethyl adjacent to an activating group) is 1. The van der Waals surface area contributed by atoms with Crippen molar-refractivity contribution in [2.24, 2.45) is 5.92 Å². The third kappa shape index (κ3) is 4.99. The number of benzene rings is 1. The van der Waals surface area contributed by atoms with Crippen molar-refractivity contribution >= 4 is 0 Å². The van der Waals surface area contributed by atoms with Crippen LogP contribution in [0.3, 0.4) is 0 Å². The average Bonchev–Trinajstić information content (AvgIpc) is 2.52. The SMILES string of the molecule is CNC(CCC1CCCCC1)Cc1ccc(OC)c(F)c1. The number of methoxy groups -OCH3 is 1. The molecular formula is C18H28FNO. The van der Waals surface area contributed by atoms with E-state index in [9.17, 15) is 4.39 Å². The van der Waals surface area contributed by atoms with E-state index in [1.165, 1.54) is 52.1 Å². The zero-order chi connectivity index (χ0) is 15.1. The molecule has 1 atom stereocenters. The fourth-order valence-corrected chi connectivity index (χ4v) is 3.38. The summed E-state index contributed by atoms with van der Waals surface area (Å²) in [5, 5.41) is 3.38. The van der Waals surface area contributed by atoms with Crippen LogP contribution in [-0.2, 0) is 6.42 Å². The van der Waals surface area contributed by atoms with Gasteiger partial charge in [0.15, 0.2) is 11.6 Å². The number of hydrogen-bond acceptors (Lipinski definition) is 2. The van der Waals surface area contributed by atoms with Gasteiger partial charge in [0.05, 0.1) is 7.11 Å². The lowest BCUT2D eigenvalue weighted by atomic mass is 9.84. The molecule has 0 bridgehead atoms. The summed E-state index contributed by atoms with van der Waals surface area (Å²) in [4.78, 5) is 0. The van der Waals surface area contributed by atoms with Gasteiger partial charge in [-0.2, -0.15) is 0 Å². The van der Waals surface area contributed by atoms with Crippen LogP contribution in [-0.4, -0.2) is 20.2 Å². The first-order valence-electron chi connectivity index (χ1n) is 8.22. The normalized spacial score (nSPS) is 17.7. The van der Waals surface area contributed by atoms with E-state index in [-0.39, 0.29) is 5.82 Å². The van der Waals surface area contributed by atoms with Crippen LogP contribution in [0.2, 0.25) is 0 Å². The molecule has 0 aliphatic heterocycles. The van der Waals surface area contributed by atoms with Crippen LogP contribution < -0.4 is 10.1 Å². The van der Waals surface area contributed by atoms with E-state index in [0.29, 0.717) is 11.8 Å². The molecule has 0 spiro atoms. The van der Waals surface area contributed by atoms with Gasteiger partial charge in [0.1, 0.15) is 0 Å².